The summed E-state index contributed by atoms with van der Waals surface area (Å²) in [5, 5.41) is 12.0. The molecule has 1 unspecified atom stereocenters. The molecule has 58 valence electrons. The lowest BCUT2D eigenvalue weighted by molar-refractivity contribution is 0.295. The van der Waals surface area contributed by atoms with Gasteiger partial charge in [0.25, 0.3) is 0 Å². The average molecular weight is 176 g/mol. The van der Waals surface area contributed by atoms with Crippen LogP contribution in [0.15, 0.2) is 0 Å². The number of aliphatic hydroxyl groups is 1. The van der Waals surface area contributed by atoms with Gasteiger partial charge in [-0.1, -0.05) is 0 Å². The molecule has 0 bridgehead atoms. The van der Waals surface area contributed by atoms with Crippen LogP contribution in [0, 0.1) is 0 Å². The van der Waals surface area contributed by atoms with Crippen LogP contribution in [0.4, 0.5) is 0 Å². The lowest BCUT2D eigenvalue weighted by Crippen LogP contribution is -2.28. The third-order valence-corrected chi connectivity index (χ3v) is 2.09. The minimum absolute atomic E-state index is 0. The highest BCUT2D eigenvalue weighted by Gasteiger charge is 2.12. The summed E-state index contributed by atoms with van der Waals surface area (Å²) in [6, 6.07) is 0. The van der Waals surface area contributed by atoms with Crippen molar-refractivity contribution < 1.29 is 13.5 Å². The molecule has 0 saturated carbocycles. The Morgan fingerprint density at radius 1 is 1.67 bits per heavy atom. The Balaban J connectivity index is 0. The van der Waals surface area contributed by atoms with Gasteiger partial charge in [-0.3, -0.25) is 0 Å². The van der Waals surface area contributed by atoms with Gasteiger partial charge in [0.05, 0.1) is 11.9 Å². The van der Waals surface area contributed by atoms with E-state index in [1.54, 1.807) is 0 Å². The van der Waals surface area contributed by atoms with Crippen molar-refractivity contribution in [1.82, 2.24) is 0 Å². The number of nitrogens with two attached hydrogens (primary N) is 1. The maximum atomic E-state index is 10.2. The summed E-state index contributed by atoms with van der Waals surface area (Å²) in [4.78, 5) is 0. The minimum atomic E-state index is -3.50. The van der Waals surface area contributed by atoms with Gasteiger partial charge in [0.15, 0.2) is 0 Å². The van der Waals surface area contributed by atoms with Crippen LogP contribution >= 0.6 is 12.4 Å². The molecule has 3 N–H and O–H groups in total. The molecule has 4 nitrogen and oxygen atoms in total. The normalized spacial score (nSPS) is 14.1. The maximum absolute atomic E-state index is 10.2. The van der Waals surface area contributed by atoms with Gasteiger partial charge >= 0.3 is 0 Å². The predicted molar refractivity (Wildman–Crippen MR) is 36.9 cm³/mol. The lowest BCUT2D eigenvalue weighted by Gasteiger charge is -2.01. The molecule has 6 heteroatoms. The van der Waals surface area contributed by atoms with E-state index >= 15 is 0 Å². The fraction of sp³-hybridized carbons (Fsp3) is 1.00. The topological polar surface area (TPSA) is 80.4 Å². The molecule has 0 spiro atoms. The molecular weight excluding hydrogens is 166 g/mol. The highest BCUT2D eigenvalue weighted by molar-refractivity contribution is 7.89. The van der Waals surface area contributed by atoms with E-state index in [2.05, 4.69) is 5.14 Å². The minimum Gasteiger partial charge on any atom is -0.395 e. The second-order valence-electron chi connectivity index (χ2n) is 1.58. The average Bonchev–Trinajstić information content (AvgIpc) is 1.62. The molecule has 0 radical (unpaired) electrons. The van der Waals surface area contributed by atoms with Crippen molar-refractivity contribution in [3.05, 3.63) is 0 Å². The second-order valence-corrected chi connectivity index (χ2v) is 3.57. The van der Waals surface area contributed by atoms with Crippen molar-refractivity contribution in [1.29, 1.82) is 0 Å². The Labute approximate surface area is 60.5 Å². The summed E-state index contributed by atoms with van der Waals surface area (Å²) in [6.07, 6.45) is 0. The fourth-order valence-electron chi connectivity index (χ4n) is 0.104. The zero-order valence-electron chi connectivity index (χ0n) is 4.94. The summed E-state index contributed by atoms with van der Waals surface area (Å²) >= 11 is 0. The van der Waals surface area contributed by atoms with Gasteiger partial charge in [-0.05, 0) is 6.92 Å². The van der Waals surface area contributed by atoms with Crippen LogP contribution in [0.5, 0.6) is 0 Å². The summed E-state index contributed by atoms with van der Waals surface area (Å²) in [5.74, 6) is 0. The van der Waals surface area contributed by atoms with Gasteiger partial charge in [-0.25, -0.2) is 13.6 Å². The van der Waals surface area contributed by atoms with Crippen LogP contribution in [0.25, 0.3) is 0 Å². The second kappa shape index (κ2) is 4.05. The van der Waals surface area contributed by atoms with E-state index in [4.69, 9.17) is 5.11 Å². The molecule has 0 aliphatic carbocycles. The Morgan fingerprint density at radius 3 is 2.00 bits per heavy atom. The summed E-state index contributed by atoms with van der Waals surface area (Å²) in [5.41, 5.74) is 0. The summed E-state index contributed by atoms with van der Waals surface area (Å²) < 4.78 is 20.4. The van der Waals surface area contributed by atoms with Gasteiger partial charge in [0, 0.05) is 0 Å². The first-order valence-corrected chi connectivity index (χ1v) is 3.72. The summed E-state index contributed by atoms with van der Waals surface area (Å²) in [6.45, 7) is 0.925. The number of primary sulfonamides is 1. The van der Waals surface area contributed by atoms with Crippen molar-refractivity contribution in [2.75, 3.05) is 6.61 Å². The first-order valence-electron chi connectivity index (χ1n) is 2.11. The van der Waals surface area contributed by atoms with Crippen molar-refractivity contribution in [3.63, 3.8) is 0 Å². The van der Waals surface area contributed by atoms with Gasteiger partial charge in [0.2, 0.25) is 10.0 Å². The first kappa shape index (κ1) is 11.9. The summed E-state index contributed by atoms with van der Waals surface area (Å²) in [7, 11) is -3.50. The van der Waals surface area contributed by atoms with Crippen LogP contribution in [0.2, 0.25) is 0 Å². The lowest BCUT2D eigenvalue weighted by atomic mass is 10.5. The molecule has 0 aromatic heterocycles. The van der Waals surface area contributed by atoms with Gasteiger partial charge < -0.3 is 5.11 Å². The number of halogens is 1. The van der Waals surface area contributed by atoms with E-state index in [0.717, 1.165) is 0 Å². The van der Waals surface area contributed by atoms with Crippen molar-refractivity contribution in [3.8, 4) is 0 Å². The Bertz CT molecular complexity index is 154. The SMILES string of the molecule is CC(CO)S(N)(=O)=O.Cl. The third kappa shape index (κ3) is 4.65. The number of hydrogen-bond acceptors (Lipinski definition) is 3. The number of hydrogen-bond donors (Lipinski definition) is 2. The van der Waals surface area contributed by atoms with E-state index < -0.39 is 21.9 Å². The smallest absolute Gasteiger partial charge is 0.213 e. The zero-order valence-corrected chi connectivity index (χ0v) is 6.58. The zero-order chi connectivity index (χ0) is 6.78. The number of rotatable bonds is 2. The van der Waals surface area contributed by atoms with Gasteiger partial charge in [-0.15, -0.1) is 12.4 Å². The third-order valence-electron chi connectivity index (χ3n) is 0.818. The van der Waals surface area contributed by atoms with E-state index in [0.29, 0.717) is 0 Å². The van der Waals surface area contributed by atoms with Crippen molar-refractivity contribution in [2.45, 2.75) is 12.2 Å². The molecule has 0 aromatic carbocycles. The molecule has 0 aliphatic heterocycles. The van der Waals surface area contributed by atoms with Crippen LogP contribution in [0.3, 0.4) is 0 Å². The molecule has 1 atom stereocenters. The van der Waals surface area contributed by atoms with Gasteiger partial charge in [-0.2, -0.15) is 0 Å². The van der Waals surface area contributed by atoms with Crippen LogP contribution in [-0.2, 0) is 10.0 Å². The molecule has 0 fully saturated rings. The predicted octanol–water partition coefficient (Wildman–Crippen LogP) is -0.922. The van der Waals surface area contributed by atoms with E-state index in [1.165, 1.54) is 6.92 Å². The standard InChI is InChI=1S/C3H9NO3S.ClH/c1-3(2-5)8(4,6)7;/h3,5H,2H2,1H3,(H2,4,6,7);1H. The van der Waals surface area contributed by atoms with Crippen molar-refractivity contribution >= 4 is 22.4 Å². The molecule has 9 heavy (non-hydrogen) atoms. The quantitative estimate of drug-likeness (QED) is 0.570. The number of sulfonamides is 1. The van der Waals surface area contributed by atoms with Crippen molar-refractivity contribution in [2.24, 2.45) is 5.14 Å². The molecule has 0 rings (SSSR count). The Hall–Kier alpha value is 0.160. The molecule has 0 saturated heterocycles. The molecule has 0 aliphatic rings. The highest BCUT2D eigenvalue weighted by Crippen LogP contribution is 1.89. The Morgan fingerprint density at radius 2 is 2.00 bits per heavy atom. The highest BCUT2D eigenvalue weighted by atomic mass is 35.5. The van der Waals surface area contributed by atoms with E-state index in [9.17, 15) is 8.42 Å². The van der Waals surface area contributed by atoms with Crippen LogP contribution in [0.1, 0.15) is 6.92 Å². The first-order chi connectivity index (χ1) is 3.48. The van der Waals surface area contributed by atoms with Crippen LogP contribution in [-0.4, -0.2) is 25.4 Å². The number of aliphatic hydroxyl groups excluding tert-OH is 1. The van der Waals surface area contributed by atoms with E-state index in [-0.39, 0.29) is 12.4 Å². The Kier molecular flexibility index (Phi) is 5.36. The molecule has 0 heterocycles. The fourth-order valence-corrected chi connectivity index (χ4v) is 0.312. The van der Waals surface area contributed by atoms with Crippen LogP contribution < -0.4 is 5.14 Å². The largest absolute Gasteiger partial charge is 0.395 e. The molecule has 0 amide bonds. The maximum Gasteiger partial charge on any atom is 0.213 e. The van der Waals surface area contributed by atoms with E-state index in [1.807, 2.05) is 0 Å². The monoisotopic (exact) mass is 175 g/mol. The molecule has 0 aromatic rings. The molecular formula is C3H10ClNO3S. The van der Waals surface area contributed by atoms with Gasteiger partial charge in [0.1, 0.15) is 0 Å².